The van der Waals surface area contributed by atoms with Crippen molar-refractivity contribution >= 4 is 29.4 Å². The van der Waals surface area contributed by atoms with Crippen molar-refractivity contribution in [3.8, 4) is 0 Å². The topological polar surface area (TPSA) is 109 Å². The van der Waals surface area contributed by atoms with E-state index in [1.165, 1.54) is 11.8 Å². The Bertz CT molecular complexity index is 1520. The van der Waals surface area contributed by atoms with Crippen LogP contribution in [-0.2, 0) is 25.3 Å². The minimum atomic E-state index is -0.955. The van der Waals surface area contributed by atoms with E-state index in [1.54, 1.807) is 24.3 Å². The first kappa shape index (κ1) is 29.6. The summed E-state index contributed by atoms with van der Waals surface area (Å²) in [5.41, 5.74) is 4.01. The number of para-hydroxylation sites is 1. The van der Waals surface area contributed by atoms with Gasteiger partial charge in [0.25, 0.3) is 0 Å². The van der Waals surface area contributed by atoms with Gasteiger partial charge in [-0.1, -0.05) is 85.8 Å². The highest BCUT2D eigenvalue weighted by Gasteiger charge is 2.19. The van der Waals surface area contributed by atoms with Crippen LogP contribution in [0.2, 0.25) is 0 Å². The molecule has 9 heteroatoms. The molecule has 0 fully saturated rings. The average Bonchev–Trinajstić information content (AvgIpc) is 3.36. The van der Waals surface area contributed by atoms with Gasteiger partial charge in [-0.25, -0.2) is 9.59 Å². The lowest BCUT2D eigenvalue weighted by atomic mass is 10.1. The molecule has 1 aromatic heterocycles. The molecule has 0 radical (unpaired) electrons. The quantitative estimate of drug-likeness (QED) is 0.122. The zero-order chi connectivity index (χ0) is 29.2. The van der Waals surface area contributed by atoms with Gasteiger partial charge in [0, 0.05) is 31.0 Å². The predicted molar refractivity (Wildman–Crippen MR) is 162 cm³/mol. The third-order valence-corrected chi connectivity index (χ3v) is 7.79. The first-order valence-electron chi connectivity index (χ1n) is 13.5. The summed E-state index contributed by atoms with van der Waals surface area (Å²) in [7, 11) is 0. The number of thioether (sulfide) groups is 1. The number of anilines is 1. The molecule has 8 nitrogen and oxygen atoms in total. The maximum absolute atomic E-state index is 11.9. The molecule has 0 aliphatic heterocycles. The summed E-state index contributed by atoms with van der Waals surface area (Å²) >= 11 is 1.47. The zero-order valence-electron chi connectivity index (χ0n) is 23.1. The second kappa shape index (κ2) is 14.3. The van der Waals surface area contributed by atoms with Gasteiger partial charge in [-0.05, 0) is 41.3 Å². The van der Waals surface area contributed by atoms with Crippen LogP contribution in [-0.4, -0.2) is 43.5 Å². The lowest BCUT2D eigenvalue weighted by molar-refractivity contribution is 0.0685. The zero-order valence-corrected chi connectivity index (χ0v) is 23.9. The van der Waals surface area contributed by atoms with Gasteiger partial charge in [0.1, 0.15) is 5.82 Å². The van der Waals surface area contributed by atoms with Crippen molar-refractivity contribution < 1.29 is 19.8 Å². The number of aromatic nitrogens is 3. The highest BCUT2D eigenvalue weighted by molar-refractivity contribution is 7.98. The Hall–Kier alpha value is -4.37. The van der Waals surface area contributed by atoms with Crippen molar-refractivity contribution in [2.45, 2.75) is 50.2 Å². The maximum Gasteiger partial charge on any atom is 0.336 e. The van der Waals surface area contributed by atoms with Crippen molar-refractivity contribution in [2.75, 3.05) is 11.4 Å². The number of carboxylic acids is 2. The third-order valence-electron chi connectivity index (χ3n) is 6.77. The van der Waals surface area contributed by atoms with E-state index in [2.05, 4.69) is 39.2 Å². The van der Waals surface area contributed by atoms with E-state index in [9.17, 15) is 19.8 Å². The van der Waals surface area contributed by atoms with Crippen LogP contribution in [0.5, 0.6) is 0 Å². The molecular weight excluding hydrogens is 536 g/mol. The molecule has 0 bridgehead atoms. The lowest BCUT2D eigenvalue weighted by Crippen LogP contribution is -2.25. The van der Waals surface area contributed by atoms with E-state index in [0.29, 0.717) is 25.4 Å². The Morgan fingerprint density at radius 3 is 2.17 bits per heavy atom. The summed E-state index contributed by atoms with van der Waals surface area (Å²) in [6.45, 7) is 7.52. The second-order valence-electron chi connectivity index (χ2n) is 9.60. The molecule has 212 valence electrons. The van der Waals surface area contributed by atoms with Crippen molar-refractivity contribution in [2.24, 2.45) is 0 Å². The van der Waals surface area contributed by atoms with E-state index in [1.807, 2.05) is 48.5 Å². The van der Waals surface area contributed by atoms with Crippen molar-refractivity contribution in [3.63, 3.8) is 0 Å². The fraction of sp³-hybridized carbons (Fsp3) is 0.250. The summed E-state index contributed by atoms with van der Waals surface area (Å²) in [6, 6.07) is 22.1. The maximum atomic E-state index is 11.9. The molecule has 3 aromatic carbocycles. The molecule has 4 rings (SSSR count). The van der Waals surface area contributed by atoms with Gasteiger partial charge in [-0.3, -0.25) is 0 Å². The monoisotopic (exact) mass is 570 g/mol. The number of carboxylic acid groups (broad SMARTS) is 2. The minimum Gasteiger partial charge on any atom is -0.478 e. The van der Waals surface area contributed by atoms with Gasteiger partial charge in [0.15, 0.2) is 5.16 Å². The van der Waals surface area contributed by atoms with Gasteiger partial charge in [0.05, 0.1) is 17.7 Å². The van der Waals surface area contributed by atoms with Crippen LogP contribution in [0, 0.1) is 0 Å². The van der Waals surface area contributed by atoms with Crippen LogP contribution >= 0.6 is 11.8 Å². The highest BCUT2D eigenvalue weighted by Crippen LogP contribution is 2.29. The number of hydrogen-bond acceptors (Lipinski definition) is 6. The summed E-state index contributed by atoms with van der Waals surface area (Å²) in [4.78, 5) is 25.7. The van der Waals surface area contributed by atoms with Gasteiger partial charge in [-0.15, -0.1) is 16.8 Å². The summed E-state index contributed by atoms with van der Waals surface area (Å²) in [5.74, 6) is -0.581. The van der Waals surface area contributed by atoms with Gasteiger partial charge in [0.2, 0.25) is 0 Å². The molecule has 4 aromatic rings. The van der Waals surface area contributed by atoms with Crippen molar-refractivity contribution in [3.05, 3.63) is 119 Å². The number of rotatable bonds is 15. The molecule has 0 unspecified atom stereocenters. The van der Waals surface area contributed by atoms with Crippen LogP contribution in [0.4, 0.5) is 5.69 Å². The highest BCUT2D eigenvalue weighted by atomic mass is 32.2. The number of benzene rings is 3. The molecule has 41 heavy (non-hydrogen) atoms. The second-order valence-corrected chi connectivity index (χ2v) is 10.5. The SMILES string of the molecule is C=CCN(Cc1ccccc1C(=O)O)c1ccccc1Cn1c(CCCC)nnc1SCc1ccccc1C(=O)O. The Balaban J connectivity index is 1.67. The summed E-state index contributed by atoms with van der Waals surface area (Å²) in [6.07, 6.45) is 4.59. The Morgan fingerprint density at radius 2 is 1.51 bits per heavy atom. The largest absolute Gasteiger partial charge is 0.478 e. The average molecular weight is 571 g/mol. The molecule has 0 saturated carbocycles. The van der Waals surface area contributed by atoms with E-state index in [4.69, 9.17) is 0 Å². The molecule has 0 aliphatic carbocycles. The van der Waals surface area contributed by atoms with E-state index in [0.717, 1.165) is 52.6 Å². The van der Waals surface area contributed by atoms with E-state index < -0.39 is 11.9 Å². The third kappa shape index (κ3) is 7.43. The fourth-order valence-corrected chi connectivity index (χ4v) is 5.66. The summed E-state index contributed by atoms with van der Waals surface area (Å²) < 4.78 is 2.11. The van der Waals surface area contributed by atoms with Crippen LogP contribution in [0.3, 0.4) is 0 Å². The molecule has 0 amide bonds. The van der Waals surface area contributed by atoms with Crippen LogP contribution in [0.1, 0.15) is 63.0 Å². The molecule has 1 heterocycles. The molecular formula is C32H34N4O4S. The number of aromatic carboxylic acids is 2. The van der Waals surface area contributed by atoms with E-state index >= 15 is 0 Å². The standard InChI is InChI=1S/C32H34N4O4S/c1-3-5-18-29-33-34-32(41-22-25-14-7-10-16-27(25)31(39)40)36(29)21-24-13-8-11-17-28(24)35(19-4-2)20-23-12-6-9-15-26(23)30(37)38/h4,6-17H,2-3,5,18-22H2,1H3,(H,37,38)(H,39,40). The lowest BCUT2D eigenvalue weighted by Gasteiger charge is -2.27. The van der Waals surface area contributed by atoms with Crippen molar-refractivity contribution in [1.82, 2.24) is 14.8 Å². The van der Waals surface area contributed by atoms with Crippen LogP contribution < -0.4 is 4.90 Å². The molecule has 0 atom stereocenters. The smallest absolute Gasteiger partial charge is 0.336 e. The predicted octanol–water partition coefficient (Wildman–Crippen LogP) is 6.55. The Labute approximate surface area is 244 Å². The van der Waals surface area contributed by atoms with Gasteiger partial charge >= 0.3 is 11.9 Å². The molecule has 0 spiro atoms. The van der Waals surface area contributed by atoms with Gasteiger partial charge in [-0.2, -0.15) is 0 Å². The van der Waals surface area contributed by atoms with Crippen LogP contribution in [0.25, 0.3) is 0 Å². The number of nitrogens with zero attached hydrogens (tertiary/aromatic N) is 4. The summed E-state index contributed by atoms with van der Waals surface area (Å²) in [5, 5.41) is 29.1. The normalized spacial score (nSPS) is 10.9. The number of carbonyl (C=O) groups is 2. The number of unbranched alkanes of at least 4 members (excludes halogenated alkanes) is 1. The molecule has 0 saturated heterocycles. The Morgan fingerprint density at radius 1 is 0.902 bits per heavy atom. The number of aryl methyl sites for hydroxylation is 1. The number of hydrogen-bond donors (Lipinski definition) is 2. The molecule has 2 N–H and O–H groups in total. The Kier molecular flexibility index (Phi) is 10.3. The van der Waals surface area contributed by atoms with Gasteiger partial charge < -0.3 is 19.7 Å². The van der Waals surface area contributed by atoms with Crippen LogP contribution in [0.15, 0.2) is 90.6 Å². The minimum absolute atomic E-state index is 0.278. The molecule has 0 aliphatic rings. The van der Waals surface area contributed by atoms with Crippen molar-refractivity contribution in [1.29, 1.82) is 0 Å². The first-order chi connectivity index (χ1) is 19.9. The van der Waals surface area contributed by atoms with E-state index in [-0.39, 0.29) is 11.1 Å². The first-order valence-corrected chi connectivity index (χ1v) is 14.5. The fourth-order valence-electron chi connectivity index (χ4n) is 4.70.